The van der Waals surface area contributed by atoms with Crippen LogP contribution in [-0.2, 0) is 9.59 Å². The largest absolute Gasteiger partial charge is 0.387 e. The van der Waals surface area contributed by atoms with E-state index in [1.807, 2.05) is 42.5 Å². The molecule has 0 bridgehead atoms. The molecule has 2 aromatic carbocycles. The van der Waals surface area contributed by atoms with Crippen molar-refractivity contribution in [3.63, 3.8) is 0 Å². The maximum absolute atomic E-state index is 11.9. The maximum Gasteiger partial charge on any atom is 0.239 e. The van der Waals surface area contributed by atoms with Crippen LogP contribution in [0.3, 0.4) is 0 Å². The van der Waals surface area contributed by atoms with Gasteiger partial charge >= 0.3 is 0 Å². The van der Waals surface area contributed by atoms with E-state index in [4.69, 9.17) is 0 Å². The van der Waals surface area contributed by atoms with Crippen LogP contribution < -0.4 is 10.6 Å². The number of aliphatic hydroxyl groups excluding tert-OH is 1. The van der Waals surface area contributed by atoms with Gasteiger partial charge in [-0.05, 0) is 35.2 Å². The van der Waals surface area contributed by atoms with Gasteiger partial charge in [0, 0.05) is 12.5 Å². The molecule has 0 spiro atoms. The number of carbonyl (C=O) groups is 2. The molecule has 1 saturated carbocycles. The van der Waals surface area contributed by atoms with E-state index in [0.717, 1.165) is 42.0 Å². The van der Waals surface area contributed by atoms with Crippen molar-refractivity contribution in [3.8, 4) is 0 Å². The highest BCUT2D eigenvalue weighted by molar-refractivity contribution is 5.86. The molecular formula is C20H24N2O3. The first-order valence-electron chi connectivity index (χ1n) is 8.84. The van der Waals surface area contributed by atoms with Crippen molar-refractivity contribution in [1.82, 2.24) is 10.6 Å². The summed E-state index contributed by atoms with van der Waals surface area (Å²) in [6, 6.07) is 13.7. The van der Waals surface area contributed by atoms with Crippen molar-refractivity contribution in [2.45, 2.75) is 31.8 Å². The van der Waals surface area contributed by atoms with Crippen molar-refractivity contribution < 1.29 is 14.7 Å². The van der Waals surface area contributed by atoms with Crippen molar-refractivity contribution in [2.75, 3.05) is 13.1 Å². The fourth-order valence-electron chi connectivity index (χ4n) is 3.31. The summed E-state index contributed by atoms with van der Waals surface area (Å²) in [5.74, 6) is -0.273. The van der Waals surface area contributed by atoms with Crippen LogP contribution in [0.2, 0.25) is 0 Å². The molecule has 2 amide bonds. The van der Waals surface area contributed by atoms with E-state index in [1.165, 1.54) is 0 Å². The summed E-state index contributed by atoms with van der Waals surface area (Å²) in [6.07, 6.45) is 3.21. The molecule has 1 atom stereocenters. The second-order valence-corrected chi connectivity index (χ2v) is 6.63. The van der Waals surface area contributed by atoms with Crippen LogP contribution in [0.4, 0.5) is 0 Å². The lowest BCUT2D eigenvalue weighted by Crippen LogP contribution is -2.40. The van der Waals surface area contributed by atoms with Crippen LogP contribution in [0.5, 0.6) is 0 Å². The van der Waals surface area contributed by atoms with E-state index in [9.17, 15) is 14.7 Å². The number of carbonyl (C=O) groups excluding carboxylic acids is 2. The SMILES string of the molecule is O=C(CNC(=O)C1CCCC1)NC[C@@H](O)c1ccc2ccccc2c1. The molecule has 1 aliphatic carbocycles. The lowest BCUT2D eigenvalue weighted by Gasteiger charge is -2.14. The van der Waals surface area contributed by atoms with Crippen LogP contribution in [0.15, 0.2) is 42.5 Å². The number of hydrogen-bond donors (Lipinski definition) is 3. The molecule has 0 unspecified atom stereocenters. The summed E-state index contributed by atoms with van der Waals surface area (Å²) >= 11 is 0. The fraction of sp³-hybridized carbons (Fsp3) is 0.400. The maximum atomic E-state index is 11.9. The molecule has 3 rings (SSSR count). The third-order valence-corrected chi connectivity index (χ3v) is 4.80. The zero-order valence-electron chi connectivity index (χ0n) is 14.2. The number of rotatable bonds is 6. The van der Waals surface area contributed by atoms with E-state index < -0.39 is 6.10 Å². The van der Waals surface area contributed by atoms with Gasteiger partial charge in [0.05, 0.1) is 12.6 Å². The molecule has 3 N–H and O–H groups in total. The van der Waals surface area contributed by atoms with Gasteiger partial charge in [0.2, 0.25) is 11.8 Å². The molecule has 5 nitrogen and oxygen atoms in total. The van der Waals surface area contributed by atoms with Gasteiger partial charge in [0.15, 0.2) is 0 Å². The number of nitrogens with one attached hydrogen (secondary N) is 2. The van der Waals surface area contributed by atoms with E-state index in [2.05, 4.69) is 10.6 Å². The minimum absolute atomic E-state index is 0.0391. The minimum atomic E-state index is -0.779. The Morgan fingerprint density at radius 2 is 1.76 bits per heavy atom. The summed E-state index contributed by atoms with van der Waals surface area (Å²) in [7, 11) is 0. The predicted octanol–water partition coefficient (Wildman–Crippen LogP) is 2.30. The first-order valence-corrected chi connectivity index (χ1v) is 8.84. The molecule has 1 aliphatic rings. The second kappa shape index (κ2) is 8.12. The van der Waals surface area contributed by atoms with Gasteiger partial charge in [0.25, 0.3) is 0 Å². The molecule has 132 valence electrons. The van der Waals surface area contributed by atoms with Crippen molar-refractivity contribution in [1.29, 1.82) is 0 Å². The van der Waals surface area contributed by atoms with Gasteiger partial charge in [-0.25, -0.2) is 0 Å². The third kappa shape index (κ3) is 4.57. The molecule has 2 aromatic rings. The van der Waals surface area contributed by atoms with E-state index in [1.54, 1.807) is 0 Å². The normalized spacial score (nSPS) is 15.9. The Labute approximate surface area is 147 Å². The van der Waals surface area contributed by atoms with Crippen LogP contribution in [0.25, 0.3) is 10.8 Å². The van der Waals surface area contributed by atoms with Gasteiger partial charge in [-0.15, -0.1) is 0 Å². The first kappa shape index (κ1) is 17.4. The highest BCUT2D eigenvalue weighted by Gasteiger charge is 2.22. The van der Waals surface area contributed by atoms with Crippen LogP contribution >= 0.6 is 0 Å². The predicted molar refractivity (Wildman–Crippen MR) is 96.9 cm³/mol. The summed E-state index contributed by atoms with van der Waals surface area (Å²) in [5, 5.41) is 17.8. The van der Waals surface area contributed by atoms with Crippen molar-refractivity contribution in [2.24, 2.45) is 5.92 Å². The van der Waals surface area contributed by atoms with Gasteiger partial charge in [-0.2, -0.15) is 0 Å². The number of fused-ring (bicyclic) bond motifs is 1. The number of hydrogen-bond acceptors (Lipinski definition) is 3. The number of benzene rings is 2. The van der Waals surface area contributed by atoms with Crippen LogP contribution in [0.1, 0.15) is 37.4 Å². The van der Waals surface area contributed by atoms with Crippen molar-refractivity contribution in [3.05, 3.63) is 48.0 Å². The average molecular weight is 340 g/mol. The Kier molecular flexibility index (Phi) is 5.66. The Morgan fingerprint density at radius 1 is 1.04 bits per heavy atom. The minimum Gasteiger partial charge on any atom is -0.387 e. The van der Waals surface area contributed by atoms with Crippen LogP contribution in [0, 0.1) is 5.92 Å². The van der Waals surface area contributed by atoms with Gasteiger partial charge in [-0.3, -0.25) is 9.59 Å². The lowest BCUT2D eigenvalue weighted by molar-refractivity contribution is -0.128. The zero-order valence-corrected chi connectivity index (χ0v) is 14.2. The van der Waals surface area contributed by atoms with Gasteiger partial charge < -0.3 is 15.7 Å². The highest BCUT2D eigenvalue weighted by atomic mass is 16.3. The highest BCUT2D eigenvalue weighted by Crippen LogP contribution is 2.24. The molecule has 5 heteroatoms. The molecule has 0 aliphatic heterocycles. The quantitative estimate of drug-likeness (QED) is 0.755. The number of amides is 2. The topological polar surface area (TPSA) is 78.4 Å². The summed E-state index contributed by atoms with van der Waals surface area (Å²) in [5.41, 5.74) is 0.758. The Balaban J connectivity index is 1.46. The standard InChI is InChI=1S/C20H24N2O3/c23-18(17-10-9-14-5-1-4-8-16(14)11-17)12-21-19(24)13-22-20(25)15-6-2-3-7-15/h1,4-5,8-11,15,18,23H,2-3,6-7,12-13H2,(H,21,24)(H,22,25)/t18-/m1/s1. The van der Waals surface area contributed by atoms with Gasteiger partial charge in [-0.1, -0.05) is 49.2 Å². The van der Waals surface area contributed by atoms with E-state index in [0.29, 0.717) is 0 Å². The Hall–Kier alpha value is -2.40. The van der Waals surface area contributed by atoms with E-state index >= 15 is 0 Å². The zero-order chi connectivity index (χ0) is 17.6. The summed E-state index contributed by atoms with van der Waals surface area (Å²) < 4.78 is 0. The smallest absolute Gasteiger partial charge is 0.239 e. The van der Waals surface area contributed by atoms with Gasteiger partial charge in [0.1, 0.15) is 0 Å². The number of aliphatic hydroxyl groups is 1. The monoisotopic (exact) mass is 340 g/mol. The summed E-state index contributed by atoms with van der Waals surface area (Å²) in [6.45, 7) is 0.0796. The second-order valence-electron chi connectivity index (χ2n) is 6.63. The van der Waals surface area contributed by atoms with Crippen molar-refractivity contribution >= 4 is 22.6 Å². The molecule has 0 heterocycles. The molecule has 0 aromatic heterocycles. The molecular weight excluding hydrogens is 316 g/mol. The third-order valence-electron chi connectivity index (χ3n) is 4.80. The summed E-state index contributed by atoms with van der Waals surface area (Å²) in [4.78, 5) is 23.8. The first-order chi connectivity index (χ1) is 12.1. The van der Waals surface area contributed by atoms with Crippen LogP contribution in [-0.4, -0.2) is 30.0 Å². The Bertz CT molecular complexity index is 753. The fourth-order valence-corrected chi connectivity index (χ4v) is 3.31. The van der Waals surface area contributed by atoms with E-state index in [-0.39, 0.29) is 30.8 Å². The molecule has 1 fully saturated rings. The molecule has 0 radical (unpaired) electrons. The molecule has 0 saturated heterocycles. The lowest BCUT2D eigenvalue weighted by atomic mass is 10.0. The Morgan fingerprint density at radius 3 is 2.52 bits per heavy atom. The average Bonchev–Trinajstić information content (AvgIpc) is 3.18. The molecule has 25 heavy (non-hydrogen) atoms.